The van der Waals surface area contributed by atoms with Crippen molar-refractivity contribution < 1.29 is 9.59 Å². The van der Waals surface area contributed by atoms with Gasteiger partial charge in [0.05, 0.1) is 0 Å². The van der Waals surface area contributed by atoms with E-state index in [-0.39, 0.29) is 5.56 Å². The summed E-state index contributed by atoms with van der Waals surface area (Å²) in [5, 5.41) is 3.11. The number of hydrogen-bond donors (Lipinski definition) is 3. The first-order chi connectivity index (χ1) is 12.0. The molecule has 130 valence electrons. The molecule has 2 amide bonds. The molecule has 0 spiro atoms. The van der Waals surface area contributed by atoms with Gasteiger partial charge in [0.15, 0.2) is 0 Å². The SMILES string of the molecule is Cc1cccc(Nc2nc(N3CCCC3C(N)=O)ncc2C(N)=O)c1. The first-order valence-corrected chi connectivity index (χ1v) is 8.02. The quantitative estimate of drug-likeness (QED) is 0.747. The maximum Gasteiger partial charge on any atom is 0.254 e. The summed E-state index contributed by atoms with van der Waals surface area (Å²) in [5.74, 6) is -0.387. The van der Waals surface area contributed by atoms with Crippen LogP contribution in [0.15, 0.2) is 30.5 Å². The number of aromatic nitrogens is 2. The van der Waals surface area contributed by atoms with Crippen molar-refractivity contribution >= 4 is 29.3 Å². The van der Waals surface area contributed by atoms with E-state index >= 15 is 0 Å². The Balaban J connectivity index is 1.97. The van der Waals surface area contributed by atoms with Crippen molar-refractivity contribution in [1.82, 2.24) is 9.97 Å². The number of anilines is 3. The van der Waals surface area contributed by atoms with Crippen molar-refractivity contribution in [2.75, 3.05) is 16.8 Å². The second-order valence-corrected chi connectivity index (χ2v) is 6.04. The van der Waals surface area contributed by atoms with Gasteiger partial charge in [-0.1, -0.05) is 12.1 Å². The van der Waals surface area contributed by atoms with Gasteiger partial charge in [0.25, 0.3) is 5.91 Å². The van der Waals surface area contributed by atoms with Crippen LogP contribution in [0.5, 0.6) is 0 Å². The molecule has 1 aliphatic heterocycles. The van der Waals surface area contributed by atoms with E-state index in [1.165, 1.54) is 6.20 Å². The Morgan fingerprint density at radius 3 is 2.80 bits per heavy atom. The molecule has 1 unspecified atom stereocenters. The van der Waals surface area contributed by atoms with Crippen LogP contribution in [0.4, 0.5) is 17.5 Å². The van der Waals surface area contributed by atoms with Crippen LogP contribution in [0.1, 0.15) is 28.8 Å². The van der Waals surface area contributed by atoms with Crippen molar-refractivity contribution in [2.45, 2.75) is 25.8 Å². The average Bonchev–Trinajstić information content (AvgIpc) is 3.04. The highest BCUT2D eigenvalue weighted by atomic mass is 16.1. The van der Waals surface area contributed by atoms with E-state index in [2.05, 4.69) is 15.3 Å². The van der Waals surface area contributed by atoms with Gasteiger partial charge >= 0.3 is 0 Å². The number of aryl methyl sites for hydroxylation is 1. The number of nitrogens with zero attached hydrogens (tertiary/aromatic N) is 3. The summed E-state index contributed by atoms with van der Waals surface area (Å²) in [6.45, 7) is 2.60. The van der Waals surface area contributed by atoms with Crippen LogP contribution < -0.4 is 21.7 Å². The van der Waals surface area contributed by atoms with Gasteiger partial charge < -0.3 is 21.7 Å². The summed E-state index contributed by atoms with van der Waals surface area (Å²) < 4.78 is 0. The zero-order valence-electron chi connectivity index (χ0n) is 13.9. The van der Waals surface area contributed by atoms with Crippen molar-refractivity contribution in [1.29, 1.82) is 0 Å². The van der Waals surface area contributed by atoms with E-state index in [9.17, 15) is 9.59 Å². The molecule has 0 saturated carbocycles. The zero-order valence-corrected chi connectivity index (χ0v) is 13.9. The number of benzene rings is 1. The summed E-state index contributed by atoms with van der Waals surface area (Å²) in [5.41, 5.74) is 12.9. The molecule has 0 aliphatic carbocycles. The second kappa shape index (κ2) is 6.76. The fraction of sp³-hybridized carbons (Fsp3) is 0.294. The van der Waals surface area contributed by atoms with Gasteiger partial charge in [-0.3, -0.25) is 9.59 Å². The minimum atomic E-state index is -0.630. The van der Waals surface area contributed by atoms with Gasteiger partial charge in [-0.15, -0.1) is 0 Å². The molecule has 0 bridgehead atoms. The van der Waals surface area contributed by atoms with Crippen molar-refractivity contribution in [3.8, 4) is 0 Å². The highest BCUT2D eigenvalue weighted by Gasteiger charge is 2.31. The minimum Gasteiger partial charge on any atom is -0.368 e. The molecule has 1 aromatic heterocycles. The molecule has 1 atom stereocenters. The summed E-state index contributed by atoms with van der Waals surface area (Å²) in [7, 11) is 0. The van der Waals surface area contributed by atoms with E-state index in [0.29, 0.717) is 24.7 Å². The predicted octanol–water partition coefficient (Wildman–Crippen LogP) is 1.08. The standard InChI is InChI=1S/C17H20N6O2/c1-10-4-2-5-11(8-10)21-16-12(14(18)24)9-20-17(22-16)23-7-3-6-13(23)15(19)25/h2,4-5,8-9,13H,3,6-7H2,1H3,(H2,18,24)(H2,19,25)(H,20,21,22). The van der Waals surface area contributed by atoms with Crippen LogP contribution in [-0.2, 0) is 4.79 Å². The lowest BCUT2D eigenvalue weighted by molar-refractivity contribution is -0.119. The fourth-order valence-electron chi connectivity index (χ4n) is 2.95. The van der Waals surface area contributed by atoms with Gasteiger partial charge in [0.1, 0.15) is 17.4 Å². The number of rotatable bonds is 5. The monoisotopic (exact) mass is 340 g/mol. The molecule has 2 heterocycles. The van der Waals surface area contributed by atoms with Gasteiger partial charge in [-0.05, 0) is 37.5 Å². The zero-order chi connectivity index (χ0) is 18.0. The summed E-state index contributed by atoms with van der Waals surface area (Å²) in [6.07, 6.45) is 2.87. The van der Waals surface area contributed by atoms with E-state index in [1.807, 2.05) is 31.2 Å². The Labute approximate surface area is 145 Å². The first kappa shape index (κ1) is 16.7. The van der Waals surface area contributed by atoms with E-state index in [0.717, 1.165) is 17.7 Å². The molecule has 2 aromatic rings. The summed E-state index contributed by atoms with van der Waals surface area (Å²) in [6, 6.07) is 7.21. The van der Waals surface area contributed by atoms with E-state index < -0.39 is 17.9 Å². The number of nitrogens with one attached hydrogen (secondary N) is 1. The lowest BCUT2D eigenvalue weighted by atomic mass is 10.2. The number of amides is 2. The second-order valence-electron chi connectivity index (χ2n) is 6.04. The number of carbonyl (C=O) groups is 2. The molecular formula is C17H20N6O2. The van der Waals surface area contributed by atoms with Crippen molar-refractivity contribution in [2.24, 2.45) is 11.5 Å². The van der Waals surface area contributed by atoms with Crippen LogP contribution in [0, 0.1) is 6.92 Å². The Bertz CT molecular complexity index is 823. The molecule has 5 N–H and O–H groups in total. The van der Waals surface area contributed by atoms with Crippen molar-refractivity contribution in [3.63, 3.8) is 0 Å². The topological polar surface area (TPSA) is 127 Å². The van der Waals surface area contributed by atoms with Gasteiger partial charge in [0, 0.05) is 18.4 Å². The molecular weight excluding hydrogens is 320 g/mol. The molecule has 0 radical (unpaired) electrons. The minimum absolute atomic E-state index is 0.181. The lowest BCUT2D eigenvalue weighted by Gasteiger charge is -2.23. The normalized spacial score (nSPS) is 16.7. The number of carbonyl (C=O) groups excluding carboxylic acids is 2. The molecule has 1 aromatic carbocycles. The van der Waals surface area contributed by atoms with E-state index in [4.69, 9.17) is 11.5 Å². The smallest absolute Gasteiger partial charge is 0.254 e. The Morgan fingerprint density at radius 1 is 1.32 bits per heavy atom. The van der Waals surface area contributed by atoms with Crippen LogP contribution in [0.2, 0.25) is 0 Å². The highest BCUT2D eigenvalue weighted by Crippen LogP contribution is 2.26. The van der Waals surface area contributed by atoms with Crippen LogP contribution in [0.25, 0.3) is 0 Å². The molecule has 25 heavy (non-hydrogen) atoms. The molecule has 3 rings (SSSR count). The number of hydrogen-bond acceptors (Lipinski definition) is 6. The van der Waals surface area contributed by atoms with Crippen LogP contribution in [-0.4, -0.2) is 34.4 Å². The Hall–Kier alpha value is -3.16. The fourth-order valence-corrected chi connectivity index (χ4v) is 2.95. The maximum atomic E-state index is 11.7. The van der Waals surface area contributed by atoms with Gasteiger partial charge in [0.2, 0.25) is 11.9 Å². The highest BCUT2D eigenvalue weighted by molar-refractivity contribution is 5.98. The predicted molar refractivity (Wildman–Crippen MR) is 94.6 cm³/mol. The molecule has 8 nitrogen and oxygen atoms in total. The summed E-state index contributed by atoms with van der Waals surface area (Å²) >= 11 is 0. The van der Waals surface area contributed by atoms with Crippen LogP contribution >= 0.6 is 0 Å². The Morgan fingerprint density at radius 2 is 2.12 bits per heavy atom. The maximum absolute atomic E-state index is 11.7. The van der Waals surface area contributed by atoms with E-state index in [1.54, 1.807) is 4.90 Å². The van der Waals surface area contributed by atoms with Gasteiger partial charge in [-0.2, -0.15) is 4.98 Å². The molecule has 1 saturated heterocycles. The third-order valence-electron chi connectivity index (χ3n) is 4.16. The summed E-state index contributed by atoms with van der Waals surface area (Å²) in [4.78, 5) is 33.7. The molecule has 1 fully saturated rings. The third-order valence-corrected chi connectivity index (χ3v) is 4.16. The third kappa shape index (κ3) is 3.52. The van der Waals surface area contributed by atoms with Gasteiger partial charge in [-0.25, -0.2) is 4.98 Å². The molecule has 1 aliphatic rings. The average molecular weight is 340 g/mol. The number of primary amides is 2. The van der Waals surface area contributed by atoms with Crippen molar-refractivity contribution in [3.05, 3.63) is 41.6 Å². The lowest BCUT2D eigenvalue weighted by Crippen LogP contribution is -2.41. The van der Waals surface area contributed by atoms with Crippen LogP contribution in [0.3, 0.4) is 0 Å². The molecule has 8 heteroatoms. The Kier molecular flexibility index (Phi) is 4.51. The largest absolute Gasteiger partial charge is 0.368 e. The first-order valence-electron chi connectivity index (χ1n) is 8.02. The number of nitrogens with two attached hydrogens (primary N) is 2.